The van der Waals surface area contributed by atoms with Gasteiger partial charge in [-0.3, -0.25) is 0 Å². The highest BCUT2D eigenvalue weighted by atomic mass is 35.5. The summed E-state index contributed by atoms with van der Waals surface area (Å²) in [5, 5.41) is 10.4. The van der Waals surface area contributed by atoms with Gasteiger partial charge in [-0.05, 0) is 44.0 Å². The van der Waals surface area contributed by atoms with Crippen molar-refractivity contribution in [2.45, 2.75) is 45.4 Å². The van der Waals surface area contributed by atoms with Gasteiger partial charge < -0.3 is 14.7 Å². The molecule has 0 aliphatic carbocycles. The number of unbranched alkanes of at least 4 members (excludes halogenated alkanes) is 5. The summed E-state index contributed by atoms with van der Waals surface area (Å²) in [6.45, 7) is 3.86. The van der Waals surface area contributed by atoms with E-state index in [1.165, 1.54) is 19.3 Å². The molecule has 1 heterocycles. The molecule has 0 saturated heterocycles. The van der Waals surface area contributed by atoms with Crippen LogP contribution in [0.1, 0.15) is 45.4 Å². The van der Waals surface area contributed by atoms with Gasteiger partial charge >= 0.3 is 0 Å². The zero-order valence-electron chi connectivity index (χ0n) is 15.3. The highest BCUT2D eigenvalue weighted by Gasteiger charge is 2.10. The second kappa shape index (κ2) is 10.5. The number of nitrogens with zero attached hydrogens (tertiary/aromatic N) is 2. The molecule has 0 atom stereocenters. The molecular weight excluding hydrogens is 336 g/mol. The molecule has 0 bridgehead atoms. The summed E-state index contributed by atoms with van der Waals surface area (Å²) in [7, 11) is 2.07. The second-order valence-corrected chi connectivity index (χ2v) is 6.72. The van der Waals surface area contributed by atoms with Crippen molar-refractivity contribution in [3.63, 3.8) is 0 Å². The quantitative estimate of drug-likeness (QED) is 0.566. The third kappa shape index (κ3) is 5.75. The van der Waals surface area contributed by atoms with Crippen molar-refractivity contribution in [1.29, 1.82) is 0 Å². The van der Waals surface area contributed by atoms with Crippen LogP contribution in [0.25, 0.3) is 10.9 Å². The van der Waals surface area contributed by atoms with Crippen molar-refractivity contribution in [2.24, 2.45) is 0 Å². The lowest BCUT2D eigenvalue weighted by Gasteiger charge is -2.19. The van der Waals surface area contributed by atoms with Gasteiger partial charge in [-0.15, -0.1) is 0 Å². The summed E-state index contributed by atoms with van der Waals surface area (Å²) in [6, 6.07) is 7.78. The predicted molar refractivity (Wildman–Crippen MR) is 106 cm³/mol. The van der Waals surface area contributed by atoms with E-state index in [0.717, 1.165) is 48.3 Å². The number of rotatable bonds is 11. The van der Waals surface area contributed by atoms with Crippen molar-refractivity contribution >= 4 is 28.3 Å². The van der Waals surface area contributed by atoms with Crippen LogP contribution >= 0.6 is 11.6 Å². The number of pyridine rings is 1. The van der Waals surface area contributed by atoms with Gasteiger partial charge in [-0.1, -0.05) is 37.3 Å². The topological polar surface area (TPSA) is 45.6 Å². The Kier molecular flexibility index (Phi) is 8.29. The largest absolute Gasteiger partial charge is 0.492 e. The lowest BCUT2D eigenvalue weighted by atomic mass is 10.1. The fourth-order valence-corrected chi connectivity index (χ4v) is 3.13. The van der Waals surface area contributed by atoms with Crippen LogP contribution in [0.15, 0.2) is 24.3 Å². The molecule has 0 radical (unpaired) electrons. The number of ether oxygens (including phenoxy) is 1. The van der Waals surface area contributed by atoms with Crippen LogP contribution in [0, 0.1) is 0 Å². The summed E-state index contributed by atoms with van der Waals surface area (Å²) >= 11 is 6.29. The second-order valence-electron chi connectivity index (χ2n) is 6.31. The van der Waals surface area contributed by atoms with Crippen LogP contribution in [0.3, 0.4) is 0 Å². The summed E-state index contributed by atoms with van der Waals surface area (Å²) in [4.78, 5) is 6.97. The first-order valence-corrected chi connectivity index (χ1v) is 9.59. The van der Waals surface area contributed by atoms with Gasteiger partial charge in [-0.2, -0.15) is 0 Å². The van der Waals surface area contributed by atoms with Gasteiger partial charge in [0.15, 0.2) is 0 Å². The number of hydrogen-bond donors (Lipinski definition) is 1. The van der Waals surface area contributed by atoms with Gasteiger partial charge in [-0.25, -0.2) is 4.98 Å². The Morgan fingerprint density at radius 2 is 1.76 bits per heavy atom. The molecule has 0 fully saturated rings. The van der Waals surface area contributed by atoms with E-state index in [9.17, 15) is 0 Å². The zero-order valence-corrected chi connectivity index (χ0v) is 16.1. The molecule has 4 nitrogen and oxygen atoms in total. The maximum atomic E-state index is 8.78. The van der Waals surface area contributed by atoms with E-state index >= 15 is 0 Å². The Bertz CT molecular complexity index is 663. The maximum absolute atomic E-state index is 8.78. The summed E-state index contributed by atoms with van der Waals surface area (Å²) < 4.78 is 5.70. The number of benzene rings is 1. The van der Waals surface area contributed by atoms with Crippen LogP contribution < -0.4 is 9.64 Å². The first-order valence-electron chi connectivity index (χ1n) is 9.21. The molecule has 0 saturated carbocycles. The van der Waals surface area contributed by atoms with E-state index in [4.69, 9.17) is 26.4 Å². The van der Waals surface area contributed by atoms with E-state index in [1.54, 1.807) is 0 Å². The molecule has 0 aliphatic heterocycles. The van der Waals surface area contributed by atoms with Gasteiger partial charge in [0.25, 0.3) is 0 Å². The molecule has 0 amide bonds. The number of aromatic nitrogens is 1. The van der Waals surface area contributed by atoms with Gasteiger partial charge in [0, 0.05) is 25.6 Å². The number of halogens is 1. The lowest BCUT2D eigenvalue weighted by molar-refractivity contribution is 0.282. The van der Waals surface area contributed by atoms with Gasteiger partial charge in [0.2, 0.25) is 0 Å². The van der Waals surface area contributed by atoms with E-state index in [0.29, 0.717) is 18.2 Å². The predicted octanol–water partition coefficient (Wildman–Crippen LogP) is 5.06. The Morgan fingerprint density at radius 3 is 2.48 bits per heavy atom. The maximum Gasteiger partial charge on any atom is 0.145 e. The van der Waals surface area contributed by atoms with E-state index in [1.807, 2.05) is 31.2 Å². The first-order chi connectivity index (χ1) is 12.2. The molecule has 138 valence electrons. The van der Waals surface area contributed by atoms with Crippen molar-refractivity contribution < 1.29 is 9.84 Å². The minimum atomic E-state index is 0.310. The minimum Gasteiger partial charge on any atom is -0.492 e. The average molecular weight is 365 g/mol. The summed E-state index contributed by atoms with van der Waals surface area (Å²) in [5.41, 5.74) is 0.822. The Balaban J connectivity index is 1.96. The highest BCUT2D eigenvalue weighted by Crippen LogP contribution is 2.31. The van der Waals surface area contributed by atoms with Crippen molar-refractivity contribution in [2.75, 3.05) is 31.7 Å². The van der Waals surface area contributed by atoms with Gasteiger partial charge in [0.1, 0.15) is 17.1 Å². The fraction of sp³-hybridized carbons (Fsp3) is 0.550. The van der Waals surface area contributed by atoms with Crippen molar-refractivity contribution in [3.8, 4) is 5.75 Å². The number of anilines is 1. The molecule has 1 aromatic heterocycles. The Labute approximate surface area is 155 Å². The molecular formula is C20H29ClN2O2. The van der Waals surface area contributed by atoms with E-state index in [-0.39, 0.29) is 0 Å². The van der Waals surface area contributed by atoms with Gasteiger partial charge in [0.05, 0.1) is 11.6 Å². The molecule has 2 aromatic rings. The Hall–Kier alpha value is -1.52. The normalized spacial score (nSPS) is 11.0. The Morgan fingerprint density at radius 1 is 1.04 bits per heavy atom. The third-order valence-corrected chi connectivity index (χ3v) is 4.67. The lowest BCUT2D eigenvalue weighted by Crippen LogP contribution is -2.19. The molecule has 1 aromatic carbocycles. The van der Waals surface area contributed by atoms with E-state index in [2.05, 4.69) is 11.9 Å². The monoisotopic (exact) mass is 364 g/mol. The number of hydrogen-bond acceptors (Lipinski definition) is 4. The summed E-state index contributed by atoms with van der Waals surface area (Å²) in [6.07, 6.45) is 6.82. The SMILES string of the molecule is CCOc1ccc(Cl)c2ccc(N(C)CCCCCCCCO)nc12. The number of aliphatic hydroxyl groups is 1. The van der Waals surface area contributed by atoms with Crippen LogP contribution in [-0.4, -0.2) is 36.9 Å². The molecule has 1 N–H and O–H groups in total. The first kappa shape index (κ1) is 19.8. The smallest absolute Gasteiger partial charge is 0.145 e. The third-order valence-electron chi connectivity index (χ3n) is 4.34. The standard InChI is InChI=1S/C20H29ClN2O2/c1-3-25-18-12-11-17(21)16-10-13-19(22-20(16)18)23(2)14-8-6-4-5-7-9-15-24/h10-13,24H,3-9,14-15H2,1-2H3. The van der Waals surface area contributed by atoms with Crippen molar-refractivity contribution in [3.05, 3.63) is 29.3 Å². The number of fused-ring (bicyclic) bond motifs is 1. The zero-order chi connectivity index (χ0) is 18.1. The minimum absolute atomic E-state index is 0.310. The van der Waals surface area contributed by atoms with Crippen LogP contribution in [-0.2, 0) is 0 Å². The number of aliphatic hydroxyl groups excluding tert-OH is 1. The van der Waals surface area contributed by atoms with Crippen LogP contribution in [0.4, 0.5) is 5.82 Å². The molecule has 5 heteroatoms. The highest BCUT2D eigenvalue weighted by molar-refractivity contribution is 6.35. The molecule has 25 heavy (non-hydrogen) atoms. The molecule has 0 aliphatic rings. The molecule has 2 rings (SSSR count). The van der Waals surface area contributed by atoms with Crippen LogP contribution in [0.5, 0.6) is 5.75 Å². The summed E-state index contributed by atoms with van der Waals surface area (Å²) in [5.74, 6) is 1.72. The fourth-order valence-electron chi connectivity index (χ4n) is 2.91. The van der Waals surface area contributed by atoms with E-state index < -0.39 is 0 Å². The molecule has 0 unspecified atom stereocenters. The average Bonchev–Trinajstić information content (AvgIpc) is 2.63. The van der Waals surface area contributed by atoms with Crippen LogP contribution in [0.2, 0.25) is 5.02 Å². The molecule has 0 spiro atoms. The van der Waals surface area contributed by atoms with Crippen molar-refractivity contribution in [1.82, 2.24) is 4.98 Å².